The van der Waals surface area contributed by atoms with E-state index < -0.39 is 29.2 Å². The number of carbonyl (C=O) groups is 3. The Labute approximate surface area is 146 Å². The first-order valence-corrected chi connectivity index (χ1v) is 7.81. The number of amides is 4. The van der Waals surface area contributed by atoms with Crippen LogP contribution in [0.4, 0.5) is 9.18 Å². The summed E-state index contributed by atoms with van der Waals surface area (Å²) in [6.07, 6.45) is 2.47. The number of pyridine rings is 2. The van der Waals surface area contributed by atoms with E-state index in [1.165, 1.54) is 30.3 Å². The largest absolute Gasteiger partial charge is 0.338 e. The lowest BCUT2D eigenvalue weighted by molar-refractivity contribution is -0.129. The van der Waals surface area contributed by atoms with Gasteiger partial charge in [0.25, 0.3) is 11.8 Å². The molecule has 8 nitrogen and oxygen atoms in total. The van der Waals surface area contributed by atoms with Crippen LogP contribution in [0.2, 0.25) is 0 Å². The number of nitrogens with zero attached hydrogens (tertiary/aromatic N) is 4. The molecule has 1 saturated heterocycles. The molecular weight excluding hydrogens is 341 g/mol. The third kappa shape index (κ3) is 2.03. The number of halogens is 1. The van der Waals surface area contributed by atoms with E-state index in [1.807, 2.05) is 0 Å². The summed E-state index contributed by atoms with van der Waals surface area (Å²) in [5.74, 6) is -1.96. The highest BCUT2D eigenvalue weighted by Gasteiger charge is 2.52. The zero-order valence-electron chi connectivity index (χ0n) is 14.2. The lowest BCUT2D eigenvalue weighted by Crippen LogP contribution is -2.42. The summed E-state index contributed by atoms with van der Waals surface area (Å²) >= 11 is 0. The van der Waals surface area contributed by atoms with Crippen molar-refractivity contribution in [2.75, 3.05) is 7.05 Å². The van der Waals surface area contributed by atoms with Gasteiger partial charge in [0.15, 0.2) is 0 Å². The van der Waals surface area contributed by atoms with Gasteiger partial charge in [-0.3, -0.25) is 9.59 Å². The summed E-state index contributed by atoms with van der Waals surface area (Å²) in [6.45, 7) is 3.12. The van der Waals surface area contributed by atoms with Crippen LogP contribution in [-0.2, 0) is 4.79 Å². The van der Waals surface area contributed by atoms with Crippen LogP contribution >= 0.6 is 0 Å². The Morgan fingerprint density at radius 3 is 2.54 bits per heavy atom. The fraction of sp³-hybridized carbons (Fsp3) is 0.235. The number of aromatic nitrogens is 3. The third-order valence-corrected chi connectivity index (χ3v) is 4.77. The molecule has 0 atom stereocenters. The Morgan fingerprint density at radius 2 is 1.88 bits per heavy atom. The Morgan fingerprint density at radius 1 is 1.15 bits per heavy atom. The molecule has 4 amide bonds. The third-order valence-electron chi connectivity index (χ3n) is 4.77. The van der Waals surface area contributed by atoms with Crippen LogP contribution < -0.4 is 0 Å². The zero-order chi connectivity index (χ0) is 18.8. The molecule has 132 valence electrons. The number of imide groups is 3. The summed E-state index contributed by atoms with van der Waals surface area (Å²) < 4.78 is 13.5. The highest BCUT2D eigenvalue weighted by atomic mass is 19.1. The van der Waals surface area contributed by atoms with Gasteiger partial charge in [-0.2, -0.15) is 4.90 Å². The number of hydrogen-bond acceptors (Lipinski definition) is 5. The quantitative estimate of drug-likeness (QED) is 0.532. The summed E-state index contributed by atoms with van der Waals surface area (Å²) in [7, 11) is 1.46. The minimum Gasteiger partial charge on any atom is -0.338 e. The van der Waals surface area contributed by atoms with Gasteiger partial charge in [0.05, 0.1) is 17.9 Å². The Bertz CT molecular complexity index is 1120. The molecule has 0 saturated carbocycles. The maximum atomic E-state index is 13.5. The van der Waals surface area contributed by atoms with E-state index in [9.17, 15) is 18.8 Å². The number of hydrogen-bond donors (Lipinski definition) is 1. The predicted octanol–water partition coefficient (Wildman–Crippen LogP) is 2.06. The molecule has 9 heteroatoms. The molecule has 3 aromatic heterocycles. The lowest BCUT2D eigenvalue weighted by atomic mass is 10.1. The number of fused-ring (bicyclic) bond motifs is 3. The van der Waals surface area contributed by atoms with Crippen molar-refractivity contribution in [3.05, 3.63) is 36.0 Å². The van der Waals surface area contributed by atoms with E-state index >= 15 is 0 Å². The predicted molar refractivity (Wildman–Crippen MR) is 89.8 cm³/mol. The van der Waals surface area contributed by atoms with Gasteiger partial charge < -0.3 is 9.88 Å². The summed E-state index contributed by atoms with van der Waals surface area (Å²) in [4.78, 5) is 50.3. The maximum absolute atomic E-state index is 13.5. The van der Waals surface area contributed by atoms with Gasteiger partial charge in [-0.05, 0) is 26.0 Å². The van der Waals surface area contributed by atoms with Gasteiger partial charge in [0.1, 0.15) is 22.7 Å². The second-order valence-corrected chi connectivity index (χ2v) is 6.64. The van der Waals surface area contributed by atoms with Crippen LogP contribution in [0.25, 0.3) is 21.9 Å². The lowest BCUT2D eigenvalue weighted by Gasteiger charge is -2.22. The molecule has 4 heterocycles. The first kappa shape index (κ1) is 16.1. The number of carbonyl (C=O) groups excluding carboxylic acids is 3. The standard InChI is InChI=1S/C17H14FN5O3/c1-17(2)15(25)23(16(26)22(17)3)14(24)11-5-9-10-4-8(18)6-20-13(10)21-12(9)7-19-11/h4-7H,1-3H3,(H,20,21). The van der Waals surface area contributed by atoms with Gasteiger partial charge in [0.2, 0.25) is 0 Å². The molecule has 1 N–H and O–H groups in total. The molecule has 0 radical (unpaired) electrons. The van der Waals surface area contributed by atoms with Crippen molar-refractivity contribution >= 4 is 39.8 Å². The molecule has 1 fully saturated rings. The van der Waals surface area contributed by atoms with Crippen molar-refractivity contribution in [1.29, 1.82) is 0 Å². The second kappa shape index (κ2) is 5.07. The van der Waals surface area contributed by atoms with Crippen LogP contribution in [0.1, 0.15) is 24.3 Å². The average Bonchev–Trinajstić information content (AvgIpc) is 3.03. The molecule has 0 spiro atoms. The first-order chi connectivity index (χ1) is 12.2. The van der Waals surface area contributed by atoms with Crippen molar-refractivity contribution in [2.45, 2.75) is 19.4 Å². The summed E-state index contributed by atoms with van der Waals surface area (Å²) in [5, 5.41) is 1.00. The van der Waals surface area contributed by atoms with E-state index in [4.69, 9.17) is 0 Å². The van der Waals surface area contributed by atoms with Crippen LogP contribution in [0.5, 0.6) is 0 Å². The van der Waals surface area contributed by atoms with Crippen LogP contribution in [0.3, 0.4) is 0 Å². The molecule has 1 aliphatic rings. The van der Waals surface area contributed by atoms with Crippen molar-refractivity contribution in [3.8, 4) is 0 Å². The van der Waals surface area contributed by atoms with Crippen molar-refractivity contribution in [3.63, 3.8) is 0 Å². The number of urea groups is 1. The molecule has 0 bridgehead atoms. The fourth-order valence-corrected chi connectivity index (χ4v) is 2.95. The molecule has 0 aliphatic carbocycles. The van der Waals surface area contributed by atoms with E-state index in [-0.39, 0.29) is 5.69 Å². The van der Waals surface area contributed by atoms with Gasteiger partial charge in [0, 0.05) is 17.8 Å². The van der Waals surface area contributed by atoms with Gasteiger partial charge in [-0.25, -0.2) is 19.2 Å². The number of likely N-dealkylation sites (N-methyl/N-ethyl adjacent to an activating group) is 1. The SMILES string of the molecule is CN1C(=O)N(C(=O)c2cc3c(cn2)[nH]c2ncc(F)cc23)C(=O)C1(C)C. The van der Waals surface area contributed by atoms with E-state index in [0.717, 1.165) is 6.20 Å². The Hall–Kier alpha value is -3.36. The van der Waals surface area contributed by atoms with Crippen molar-refractivity contribution in [1.82, 2.24) is 24.8 Å². The molecule has 26 heavy (non-hydrogen) atoms. The van der Waals surface area contributed by atoms with Crippen LogP contribution in [0.15, 0.2) is 24.5 Å². The summed E-state index contributed by atoms with van der Waals surface area (Å²) in [6, 6.07) is 2.00. The van der Waals surface area contributed by atoms with Crippen LogP contribution in [0, 0.1) is 5.82 Å². The topological polar surface area (TPSA) is 99.3 Å². The summed E-state index contributed by atoms with van der Waals surface area (Å²) in [5.41, 5.74) is -0.200. The molecular formula is C17H14FN5O3. The van der Waals surface area contributed by atoms with E-state index in [1.54, 1.807) is 13.8 Å². The minimum atomic E-state index is -1.12. The van der Waals surface area contributed by atoms with E-state index in [0.29, 0.717) is 26.8 Å². The number of rotatable bonds is 1. The smallest absolute Gasteiger partial charge is 0.334 e. The van der Waals surface area contributed by atoms with Crippen molar-refractivity contribution < 1.29 is 18.8 Å². The molecule has 1 aliphatic heterocycles. The average molecular weight is 355 g/mol. The number of nitrogens with one attached hydrogen (secondary N) is 1. The molecule has 0 unspecified atom stereocenters. The second-order valence-electron chi connectivity index (χ2n) is 6.64. The normalized spacial score (nSPS) is 16.9. The number of H-pyrrole nitrogens is 1. The zero-order valence-corrected chi connectivity index (χ0v) is 14.2. The Balaban J connectivity index is 1.83. The molecule has 4 rings (SSSR count). The number of aromatic amines is 1. The van der Waals surface area contributed by atoms with Gasteiger partial charge in [-0.15, -0.1) is 0 Å². The maximum Gasteiger partial charge on any atom is 0.334 e. The fourth-order valence-electron chi connectivity index (χ4n) is 2.95. The monoisotopic (exact) mass is 355 g/mol. The minimum absolute atomic E-state index is 0.0875. The van der Waals surface area contributed by atoms with Crippen molar-refractivity contribution in [2.24, 2.45) is 0 Å². The first-order valence-electron chi connectivity index (χ1n) is 7.81. The highest BCUT2D eigenvalue weighted by Crippen LogP contribution is 2.29. The highest BCUT2D eigenvalue weighted by molar-refractivity contribution is 6.22. The van der Waals surface area contributed by atoms with Gasteiger partial charge in [-0.1, -0.05) is 0 Å². The molecule has 0 aromatic carbocycles. The molecule has 3 aromatic rings. The van der Waals surface area contributed by atoms with Gasteiger partial charge >= 0.3 is 6.03 Å². The van der Waals surface area contributed by atoms with Crippen LogP contribution in [-0.4, -0.2) is 55.2 Å². The Kier molecular flexibility index (Phi) is 3.15. The van der Waals surface area contributed by atoms with E-state index in [2.05, 4.69) is 15.0 Å².